The van der Waals surface area contributed by atoms with E-state index in [1.165, 1.54) is 45.4 Å². The molecule has 0 amide bonds. The monoisotopic (exact) mass is 290 g/mol. The highest BCUT2D eigenvalue weighted by atomic mass is 31.2. The van der Waals surface area contributed by atoms with E-state index in [0.29, 0.717) is 0 Å². The molecule has 0 saturated heterocycles. The Morgan fingerprint density at radius 3 is 1.26 bits per heavy atom. The van der Waals surface area contributed by atoms with Crippen molar-refractivity contribution >= 4 is 13.2 Å². The smallest absolute Gasteiger partial charge is 0.0591 e. The van der Waals surface area contributed by atoms with Crippen molar-refractivity contribution in [2.24, 2.45) is 0 Å². The summed E-state index contributed by atoms with van der Waals surface area (Å²) in [4.78, 5) is 9.26. The summed E-state index contributed by atoms with van der Waals surface area (Å²) in [7, 11) is -0.519. The molecule has 0 heterocycles. The first-order valence-corrected chi connectivity index (χ1v) is 10.8. The molecule has 0 saturated carbocycles. The van der Waals surface area contributed by atoms with E-state index >= 15 is 0 Å². The molecule has 0 aromatic carbocycles. The molecule has 0 aliphatic heterocycles. The van der Waals surface area contributed by atoms with Crippen LogP contribution in [-0.2, 0) is 4.79 Å². The summed E-state index contributed by atoms with van der Waals surface area (Å²) in [6.07, 6.45) is 13.3. The third kappa shape index (κ3) is 15.8. The van der Waals surface area contributed by atoms with Crippen molar-refractivity contribution in [1.29, 1.82) is 0 Å². The lowest BCUT2D eigenvalue weighted by molar-refractivity contribution is -0.305. The van der Waals surface area contributed by atoms with Gasteiger partial charge < -0.3 is 9.90 Å². The average molecular weight is 290 g/mol. The van der Waals surface area contributed by atoms with Crippen molar-refractivity contribution in [2.75, 3.05) is 25.2 Å². The van der Waals surface area contributed by atoms with E-state index in [4.69, 9.17) is 0 Å². The molecule has 0 aliphatic rings. The van der Waals surface area contributed by atoms with E-state index < -0.39 is 13.2 Å². The van der Waals surface area contributed by atoms with Gasteiger partial charge in [-0.1, -0.05) is 47.0 Å². The van der Waals surface area contributed by atoms with Gasteiger partial charge in [-0.25, -0.2) is 0 Å². The van der Waals surface area contributed by atoms with Crippen LogP contribution in [0.4, 0.5) is 0 Å². The lowest BCUT2D eigenvalue weighted by Crippen LogP contribution is -2.19. The predicted octanol–water partition coefficient (Wildman–Crippen LogP) is 4.18. The lowest BCUT2D eigenvalue weighted by Gasteiger charge is -2.22. The molecular weight excluding hydrogens is 255 g/mol. The second kappa shape index (κ2) is 14.3. The average Bonchev–Trinajstić information content (AvgIpc) is 2.41. The van der Waals surface area contributed by atoms with Crippen molar-refractivity contribution in [2.45, 2.75) is 72.6 Å². The van der Waals surface area contributed by atoms with Gasteiger partial charge in [0.25, 0.3) is 0 Å². The largest absolute Gasteiger partial charge is 0.550 e. The summed E-state index contributed by atoms with van der Waals surface area (Å²) in [5.74, 6) is -0.995. The summed E-state index contributed by atoms with van der Waals surface area (Å²) in [6, 6.07) is 0. The molecule has 2 nitrogen and oxygen atoms in total. The molecule has 0 unspecified atom stereocenters. The summed E-state index contributed by atoms with van der Waals surface area (Å²) in [5, 5.41) is 9.26. The molecule has 116 valence electrons. The van der Waals surface area contributed by atoms with E-state index in [1.807, 2.05) is 0 Å². The standard InChI is InChI=1S/C13H30P.C3H6O2/c1-5-8-11-14(4,12-9-6-2)13-10-7-3;1-2-3(4)5/h5-13H2,1-4H3;2H2,1H3,(H,4,5)/q+1;/p-1. The molecule has 0 radical (unpaired) electrons. The topological polar surface area (TPSA) is 40.1 Å². The third-order valence-electron chi connectivity index (χ3n) is 3.44. The molecule has 3 heteroatoms. The van der Waals surface area contributed by atoms with Gasteiger partial charge in [0.1, 0.15) is 0 Å². The Balaban J connectivity index is 0. The molecule has 0 aromatic heterocycles. The van der Waals surface area contributed by atoms with Crippen molar-refractivity contribution in [1.82, 2.24) is 0 Å². The Bertz CT molecular complexity index is 183. The molecule has 0 spiro atoms. The Labute approximate surface area is 121 Å². The molecule has 0 fully saturated rings. The predicted molar refractivity (Wildman–Crippen MR) is 87.5 cm³/mol. The Hall–Kier alpha value is -0.100. The summed E-state index contributed by atoms with van der Waals surface area (Å²) in [6.45, 7) is 11.1. The van der Waals surface area contributed by atoms with Crippen LogP contribution in [0.1, 0.15) is 72.6 Å². The molecule has 19 heavy (non-hydrogen) atoms. The Kier molecular flexibility index (Phi) is 16.0. The number of aliphatic carboxylic acids is 1. The number of carbonyl (C=O) groups excluding carboxylic acids is 1. The molecule has 0 bridgehead atoms. The fourth-order valence-corrected chi connectivity index (χ4v) is 5.86. The van der Waals surface area contributed by atoms with E-state index in [-0.39, 0.29) is 6.42 Å². The quantitative estimate of drug-likeness (QED) is 0.566. The minimum absolute atomic E-state index is 0.111. The summed E-state index contributed by atoms with van der Waals surface area (Å²) >= 11 is 0. The number of carbonyl (C=O) groups is 1. The molecular formula is C16H35O2P. The van der Waals surface area contributed by atoms with Gasteiger partial charge in [-0.3, -0.25) is 0 Å². The second-order valence-corrected chi connectivity index (χ2v) is 10.2. The third-order valence-corrected chi connectivity index (χ3v) is 7.63. The van der Waals surface area contributed by atoms with Gasteiger partial charge in [0.15, 0.2) is 0 Å². The molecule has 0 atom stereocenters. The lowest BCUT2D eigenvalue weighted by atomic mass is 10.4. The van der Waals surface area contributed by atoms with Gasteiger partial charge in [0.05, 0.1) is 18.5 Å². The van der Waals surface area contributed by atoms with Crippen LogP contribution in [-0.4, -0.2) is 31.1 Å². The van der Waals surface area contributed by atoms with Crippen LogP contribution in [0, 0.1) is 0 Å². The van der Waals surface area contributed by atoms with Crippen LogP contribution >= 0.6 is 7.26 Å². The van der Waals surface area contributed by atoms with Crippen LogP contribution in [0.2, 0.25) is 0 Å². The van der Waals surface area contributed by atoms with E-state index in [0.717, 1.165) is 0 Å². The fraction of sp³-hybridized carbons (Fsp3) is 0.938. The van der Waals surface area contributed by atoms with Gasteiger partial charge in [0.2, 0.25) is 0 Å². The first-order chi connectivity index (χ1) is 8.95. The highest BCUT2D eigenvalue weighted by molar-refractivity contribution is 7.75. The summed E-state index contributed by atoms with van der Waals surface area (Å²) < 4.78 is 0. The first kappa shape index (κ1) is 21.2. The maximum Gasteiger partial charge on any atom is 0.0591 e. The second-order valence-electron chi connectivity index (χ2n) is 5.58. The zero-order valence-corrected chi connectivity index (χ0v) is 14.7. The Morgan fingerprint density at radius 1 is 0.842 bits per heavy atom. The van der Waals surface area contributed by atoms with E-state index in [1.54, 1.807) is 18.5 Å². The van der Waals surface area contributed by atoms with Crippen molar-refractivity contribution in [3.63, 3.8) is 0 Å². The zero-order valence-electron chi connectivity index (χ0n) is 13.8. The van der Waals surface area contributed by atoms with Crippen LogP contribution in [0.15, 0.2) is 0 Å². The molecule has 0 N–H and O–H groups in total. The van der Waals surface area contributed by atoms with Gasteiger partial charge in [-0.2, -0.15) is 0 Å². The van der Waals surface area contributed by atoms with Gasteiger partial charge in [-0.05, 0) is 25.7 Å². The maximum absolute atomic E-state index is 9.26. The summed E-state index contributed by atoms with van der Waals surface area (Å²) in [5.41, 5.74) is 0. The normalized spacial score (nSPS) is 10.8. The molecule has 0 aliphatic carbocycles. The van der Waals surface area contributed by atoms with E-state index in [2.05, 4.69) is 27.4 Å². The first-order valence-electron chi connectivity index (χ1n) is 7.99. The highest BCUT2D eigenvalue weighted by Gasteiger charge is 2.28. The number of unbranched alkanes of at least 4 members (excludes halogenated alkanes) is 3. The fourth-order valence-electron chi connectivity index (χ4n) is 1.95. The van der Waals surface area contributed by atoms with Crippen LogP contribution < -0.4 is 5.11 Å². The number of carboxylic acid groups (broad SMARTS) is 1. The van der Waals surface area contributed by atoms with Gasteiger partial charge in [0, 0.05) is 19.9 Å². The van der Waals surface area contributed by atoms with Crippen LogP contribution in [0.3, 0.4) is 0 Å². The minimum atomic E-state index is -0.995. The zero-order chi connectivity index (χ0) is 15.1. The van der Waals surface area contributed by atoms with Crippen molar-refractivity contribution in [3.05, 3.63) is 0 Å². The number of carboxylic acids is 1. The number of hydrogen-bond donors (Lipinski definition) is 0. The van der Waals surface area contributed by atoms with E-state index in [9.17, 15) is 9.90 Å². The minimum Gasteiger partial charge on any atom is -0.550 e. The van der Waals surface area contributed by atoms with Crippen molar-refractivity contribution < 1.29 is 9.90 Å². The van der Waals surface area contributed by atoms with Crippen LogP contribution in [0.5, 0.6) is 0 Å². The SMILES string of the molecule is CCC(=O)[O-].CCCC[P+](C)(CCCC)CCCC. The van der Waals surface area contributed by atoms with Crippen molar-refractivity contribution in [3.8, 4) is 0 Å². The van der Waals surface area contributed by atoms with Gasteiger partial charge in [-0.15, -0.1) is 0 Å². The Morgan fingerprint density at radius 2 is 1.11 bits per heavy atom. The molecule has 0 aromatic rings. The highest BCUT2D eigenvalue weighted by Crippen LogP contribution is 2.57. The van der Waals surface area contributed by atoms with Crippen LogP contribution in [0.25, 0.3) is 0 Å². The van der Waals surface area contributed by atoms with Gasteiger partial charge >= 0.3 is 0 Å². The number of hydrogen-bond acceptors (Lipinski definition) is 2. The number of rotatable bonds is 10. The maximum atomic E-state index is 9.26. The molecule has 0 rings (SSSR count).